The van der Waals surface area contributed by atoms with Crippen molar-refractivity contribution < 1.29 is 18.0 Å². The molecule has 4 rings (SSSR count). The zero-order valence-corrected chi connectivity index (χ0v) is 16.3. The maximum absolute atomic E-state index is 13.2. The number of nitrogens with one attached hydrogen (secondary N) is 2. The first-order chi connectivity index (χ1) is 14.1. The molecule has 0 spiro atoms. The predicted octanol–water partition coefficient (Wildman–Crippen LogP) is 3.70. The first-order valence-corrected chi connectivity index (χ1v) is 9.11. The highest BCUT2D eigenvalue weighted by molar-refractivity contribution is 6.31. The number of alkyl halides is 3. The number of carbonyl (C=O) groups is 1. The van der Waals surface area contributed by atoms with Crippen LogP contribution in [0.4, 0.5) is 18.0 Å². The first kappa shape index (κ1) is 20.0. The normalized spacial score (nSPS) is 12.2. The summed E-state index contributed by atoms with van der Waals surface area (Å²) in [5, 5.41) is 9.50. The number of halogens is 4. The summed E-state index contributed by atoms with van der Waals surface area (Å²) in [4.78, 5) is 29.2. The Bertz CT molecular complexity index is 1350. The van der Waals surface area contributed by atoms with Crippen LogP contribution in [0.2, 0.25) is 5.02 Å². The van der Waals surface area contributed by atoms with Gasteiger partial charge >= 0.3 is 12.2 Å². The van der Waals surface area contributed by atoms with E-state index in [1.54, 1.807) is 13.8 Å². The molecule has 0 unspecified atom stereocenters. The fourth-order valence-electron chi connectivity index (χ4n) is 3.05. The second-order valence-electron chi connectivity index (χ2n) is 6.86. The molecule has 3 heterocycles. The maximum atomic E-state index is 13.2. The van der Waals surface area contributed by atoms with E-state index in [4.69, 9.17) is 11.6 Å². The fourth-order valence-corrected chi connectivity index (χ4v) is 3.28. The second-order valence-corrected chi connectivity index (χ2v) is 7.27. The van der Waals surface area contributed by atoms with Crippen LogP contribution in [-0.2, 0) is 6.18 Å². The summed E-state index contributed by atoms with van der Waals surface area (Å²) >= 11 is 5.66. The number of aromatic nitrogens is 5. The van der Waals surface area contributed by atoms with Gasteiger partial charge in [-0.15, -0.1) is 0 Å². The van der Waals surface area contributed by atoms with Gasteiger partial charge in [0.25, 0.3) is 5.56 Å². The summed E-state index contributed by atoms with van der Waals surface area (Å²) in [5.74, 6) is 0. The molecule has 12 heteroatoms. The summed E-state index contributed by atoms with van der Waals surface area (Å²) in [6.07, 6.45) is -2.08. The van der Waals surface area contributed by atoms with Gasteiger partial charge < -0.3 is 5.32 Å². The first-order valence-electron chi connectivity index (χ1n) is 8.73. The van der Waals surface area contributed by atoms with E-state index in [1.807, 2.05) is 0 Å². The van der Waals surface area contributed by atoms with Gasteiger partial charge in [0.2, 0.25) is 0 Å². The van der Waals surface area contributed by atoms with Crippen molar-refractivity contribution in [3.8, 4) is 5.69 Å². The Hall–Kier alpha value is -3.34. The van der Waals surface area contributed by atoms with Crippen molar-refractivity contribution in [2.75, 3.05) is 0 Å². The molecule has 30 heavy (non-hydrogen) atoms. The number of benzene rings is 1. The van der Waals surface area contributed by atoms with Crippen molar-refractivity contribution in [3.63, 3.8) is 0 Å². The number of carbonyl (C=O) groups excluding carboxylic acids is 1. The van der Waals surface area contributed by atoms with E-state index >= 15 is 0 Å². The van der Waals surface area contributed by atoms with Crippen LogP contribution in [0.15, 0.2) is 35.4 Å². The molecule has 0 bridgehead atoms. The van der Waals surface area contributed by atoms with Crippen LogP contribution in [0, 0.1) is 0 Å². The maximum Gasteiger partial charge on any atom is 0.417 e. The van der Waals surface area contributed by atoms with E-state index in [9.17, 15) is 22.8 Å². The molecule has 2 N–H and O–H groups in total. The number of rotatable bonds is 2. The van der Waals surface area contributed by atoms with Crippen LogP contribution in [0.5, 0.6) is 0 Å². The molecule has 1 amide bonds. The van der Waals surface area contributed by atoms with Gasteiger partial charge in [0.15, 0.2) is 5.65 Å². The third-order valence-corrected chi connectivity index (χ3v) is 4.70. The monoisotopic (exact) mass is 438 g/mol. The van der Waals surface area contributed by atoms with Gasteiger partial charge in [-0.25, -0.2) is 14.5 Å². The lowest BCUT2D eigenvalue weighted by molar-refractivity contribution is -0.137. The fraction of sp³-hybridized carbons (Fsp3) is 0.222. The number of fused-ring (bicyclic) bond motifs is 3. The molecule has 8 nitrogen and oxygen atoms in total. The van der Waals surface area contributed by atoms with E-state index in [2.05, 4.69) is 20.5 Å². The number of nitrogens with zero attached hydrogens (tertiary/aromatic N) is 4. The Labute approximate surface area is 171 Å². The molecule has 4 aromatic rings. The van der Waals surface area contributed by atoms with Gasteiger partial charge in [-0.2, -0.15) is 23.0 Å². The van der Waals surface area contributed by atoms with Crippen molar-refractivity contribution in [3.05, 3.63) is 51.5 Å². The molecule has 0 saturated carbocycles. The Kier molecular flexibility index (Phi) is 4.57. The summed E-state index contributed by atoms with van der Waals surface area (Å²) in [7, 11) is 0. The lowest BCUT2D eigenvalue weighted by Gasteiger charge is -2.10. The quantitative estimate of drug-likeness (QED) is 0.498. The number of pyridine rings is 1. The van der Waals surface area contributed by atoms with Gasteiger partial charge in [0, 0.05) is 12.2 Å². The Morgan fingerprint density at radius 1 is 1.23 bits per heavy atom. The average Bonchev–Trinajstić information content (AvgIpc) is 3.22. The van der Waals surface area contributed by atoms with E-state index in [0.717, 1.165) is 21.5 Å². The van der Waals surface area contributed by atoms with Crippen LogP contribution in [0.1, 0.15) is 19.4 Å². The summed E-state index contributed by atoms with van der Waals surface area (Å²) in [5.41, 5.74) is -1.23. The van der Waals surface area contributed by atoms with Crippen molar-refractivity contribution in [2.24, 2.45) is 0 Å². The van der Waals surface area contributed by atoms with Gasteiger partial charge in [-0.3, -0.25) is 9.89 Å². The molecule has 0 atom stereocenters. The van der Waals surface area contributed by atoms with Crippen molar-refractivity contribution in [2.45, 2.75) is 26.1 Å². The van der Waals surface area contributed by atoms with Crippen LogP contribution >= 0.6 is 11.6 Å². The van der Waals surface area contributed by atoms with Crippen LogP contribution < -0.4 is 10.9 Å². The smallest absolute Gasteiger partial charge is 0.334 e. The molecule has 156 valence electrons. The van der Waals surface area contributed by atoms with E-state index in [-0.39, 0.29) is 28.3 Å². The second kappa shape index (κ2) is 6.87. The summed E-state index contributed by atoms with van der Waals surface area (Å²) < 4.78 is 41.6. The van der Waals surface area contributed by atoms with E-state index in [1.165, 1.54) is 18.5 Å². The zero-order valence-electron chi connectivity index (χ0n) is 15.6. The third-order valence-electron chi connectivity index (χ3n) is 4.37. The minimum absolute atomic E-state index is 0.0500. The minimum atomic E-state index is -4.68. The molecule has 3 aromatic heterocycles. The number of hydrogen-bond donors (Lipinski definition) is 2. The van der Waals surface area contributed by atoms with Crippen LogP contribution in [-0.4, -0.2) is 36.6 Å². The molecular weight excluding hydrogens is 425 g/mol. The molecule has 0 aliphatic heterocycles. The zero-order chi connectivity index (χ0) is 21.8. The van der Waals surface area contributed by atoms with Crippen molar-refractivity contribution >= 4 is 39.6 Å². The SMILES string of the molecule is CC(C)NC(=O)n1ncc2c3[nH]n(-c4ccc(Cl)c(C(F)(F)F)c4)c(=O)c3cnc21. The third kappa shape index (κ3) is 3.20. The Balaban J connectivity index is 1.90. The molecule has 0 saturated heterocycles. The van der Waals surface area contributed by atoms with Gasteiger partial charge in [0.1, 0.15) is 0 Å². The van der Waals surface area contributed by atoms with Crippen molar-refractivity contribution in [1.29, 1.82) is 0 Å². The van der Waals surface area contributed by atoms with E-state index < -0.39 is 28.4 Å². The lowest BCUT2D eigenvalue weighted by Crippen LogP contribution is -2.34. The molecule has 1 aromatic carbocycles. The van der Waals surface area contributed by atoms with Crippen molar-refractivity contribution in [1.82, 2.24) is 29.9 Å². The average molecular weight is 439 g/mol. The number of aromatic amines is 1. The van der Waals surface area contributed by atoms with E-state index in [0.29, 0.717) is 5.39 Å². The van der Waals surface area contributed by atoms with Crippen LogP contribution in [0.25, 0.3) is 27.6 Å². The highest BCUT2D eigenvalue weighted by Crippen LogP contribution is 2.35. The Morgan fingerprint density at radius 2 is 1.97 bits per heavy atom. The molecular formula is C18H14ClF3N6O2. The number of hydrogen-bond acceptors (Lipinski definition) is 4. The largest absolute Gasteiger partial charge is 0.417 e. The highest BCUT2D eigenvalue weighted by atomic mass is 35.5. The molecule has 0 aliphatic carbocycles. The topological polar surface area (TPSA) is 97.6 Å². The molecule has 0 radical (unpaired) electrons. The standard InChI is InChI=1S/C18H14ClF3N6O2/c1-8(2)25-17(30)28-15-10(7-24-28)14-11(6-23-15)16(29)27(26-14)9-3-4-13(19)12(5-9)18(20,21)22/h3-8,26H,1-2H3,(H,25,30). The highest BCUT2D eigenvalue weighted by Gasteiger charge is 2.33. The number of H-pyrrole nitrogens is 1. The predicted molar refractivity (Wildman–Crippen MR) is 104 cm³/mol. The number of amides is 1. The van der Waals surface area contributed by atoms with Gasteiger partial charge in [-0.1, -0.05) is 11.6 Å². The van der Waals surface area contributed by atoms with Gasteiger partial charge in [-0.05, 0) is 32.0 Å². The summed E-state index contributed by atoms with van der Waals surface area (Å²) in [6.45, 7) is 3.57. The molecule has 0 fully saturated rings. The van der Waals surface area contributed by atoms with Gasteiger partial charge in [0.05, 0.1) is 38.8 Å². The summed E-state index contributed by atoms with van der Waals surface area (Å²) in [6, 6.07) is 2.51. The minimum Gasteiger partial charge on any atom is -0.334 e. The lowest BCUT2D eigenvalue weighted by atomic mass is 10.2. The van der Waals surface area contributed by atoms with Crippen LogP contribution in [0.3, 0.4) is 0 Å². The Morgan fingerprint density at radius 3 is 2.63 bits per heavy atom. The molecule has 0 aliphatic rings.